The van der Waals surface area contributed by atoms with Crippen LogP contribution in [0.1, 0.15) is 23.7 Å². The Kier molecular flexibility index (Phi) is 4.86. The normalized spacial score (nSPS) is 12.0. The highest BCUT2D eigenvalue weighted by atomic mass is 35.5. The van der Waals surface area contributed by atoms with Crippen LogP contribution in [0.15, 0.2) is 6.07 Å². The Labute approximate surface area is 114 Å². The largest absolute Gasteiger partial charge is 0.480 e. The SMILES string of the molecule is CCC(C(=O)O)N(C)C(=O)c1cc(Cl)nnc1Cl. The molecular weight excluding hydrogens is 281 g/mol. The number of carboxylic acid groups (broad SMARTS) is 1. The van der Waals surface area contributed by atoms with Crippen molar-refractivity contribution in [1.82, 2.24) is 15.1 Å². The fourth-order valence-electron chi connectivity index (χ4n) is 1.45. The van der Waals surface area contributed by atoms with E-state index in [-0.39, 0.29) is 22.3 Å². The predicted octanol–water partition coefficient (Wildman–Crippen LogP) is 1.72. The molecular formula is C10H11Cl2N3O3. The van der Waals surface area contributed by atoms with Crippen LogP contribution in [0.3, 0.4) is 0 Å². The third-order valence-corrected chi connectivity index (χ3v) is 2.87. The van der Waals surface area contributed by atoms with Gasteiger partial charge in [0.15, 0.2) is 10.3 Å². The summed E-state index contributed by atoms with van der Waals surface area (Å²) in [5, 5.41) is 15.9. The smallest absolute Gasteiger partial charge is 0.326 e. The molecule has 1 aromatic rings. The zero-order valence-corrected chi connectivity index (χ0v) is 11.2. The van der Waals surface area contributed by atoms with Gasteiger partial charge in [0, 0.05) is 7.05 Å². The molecule has 0 aromatic carbocycles. The number of carboxylic acids is 1. The second kappa shape index (κ2) is 5.97. The standard InChI is InChI=1S/C10H11Cl2N3O3/c1-3-6(10(17)18)15(2)9(16)5-4-7(11)13-14-8(5)12/h4,6H,3H2,1-2H3,(H,17,18). The van der Waals surface area contributed by atoms with Crippen LogP contribution in [-0.4, -0.2) is 45.2 Å². The van der Waals surface area contributed by atoms with Gasteiger partial charge in [0.25, 0.3) is 5.91 Å². The Bertz CT molecular complexity index is 481. The first-order valence-electron chi connectivity index (χ1n) is 5.07. The lowest BCUT2D eigenvalue weighted by Gasteiger charge is -2.23. The van der Waals surface area contributed by atoms with E-state index < -0.39 is 17.9 Å². The number of likely N-dealkylation sites (N-methyl/N-ethyl adjacent to an activating group) is 1. The average Bonchev–Trinajstić information content (AvgIpc) is 2.31. The van der Waals surface area contributed by atoms with E-state index in [1.165, 1.54) is 13.1 Å². The highest BCUT2D eigenvalue weighted by molar-refractivity contribution is 6.34. The minimum atomic E-state index is -1.09. The molecule has 1 atom stereocenters. The van der Waals surface area contributed by atoms with Crippen molar-refractivity contribution in [3.05, 3.63) is 21.9 Å². The van der Waals surface area contributed by atoms with E-state index in [2.05, 4.69) is 10.2 Å². The number of carbonyl (C=O) groups is 2. The van der Waals surface area contributed by atoms with Gasteiger partial charge in [-0.05, 0) is 12.5 Å². The molecule has 0 bridgehead atoms. The Morgan fingerprint density at radius 3 is 2.56 bits per heavy atom. The summed E-state index contributed by atoms with van der Waals surface area (Å²) in [6.07, 6.45) is 0.279. The Balaban J connectivity index is 3.06. The summed E-state index contributed by atoms with van der Waals surface area (Å²) < 4.78 is 0. The van der Waals surface area contributed by atoms with Gasteiger partial charge in [-0.25, -0.2) is 4.79 Å². The summed E-state index contributed by atoms with van der Waals surface area (Å²) in [7, 11) is 1.38. The first-order chi connectivity index (χ1) is 8.38. The summed E-state index contributed by atoms with van der Waals surface area (Å²) in [6, 6.07) is 0.324. The average molecular weight is 292 g/mol. The topological polar surface area (TPSA) is 83.4 Å². The molecule has 1 N–H and O–H groups in total. The van der Waals surface area contributed by atoms with Crippen LogP contribution in [0.5, 0.6) is 0 Å². The quantitative estimate of drug-likeness (QED) is 0.913. The second-order valence-corrected chi connectivity index (χ2v) is 4.30. The summed E-state index contributed by atoms with van der Waals surface area (Å²) >= 11 is 11.4. The zero-order valence-electron chi connectivity index (χ0n) is 9.72. The van der Waals surface area contributed by atoms with E-state index in [1.807, 2.05) is 0 Å². The summed E-state index contributed by atoms with van der Waals surface area (Å²) in [6.45, 7) is 1.67. The monoisotopic (exact) mass is 291 g/mol. The number of hydrogen-bond acceptors (Lipinski definition) is 4. The third kappa shape index (κ3) is 3.08. The number of aromatic nitrogens is 2. The van der Waals surface area contributed by atoms with E-state index in [1.54, 1.807) is 6.92 Å². The molecule has 0 saturated carbocycles. The van der Waals surface area contributed by atoms with Gasteiger partial charge < -0.3 is 10.0 Å². The van der Waals surface area contributed by atoms with Gasteiger partial charge in [-0.15, -0.1) is 10.2 Å². The van der Waals surface area contributed by atoms with Gasteiger partial charge in [0.2, 0.25) is 0 Å². The van der Waals surface area contributed by atoms with E-state index >= 15 is 0 Å². The first-order valence-corrected chi connectivity index (χ1v) is 5.82. The molecule has 0 aliphatic heterocycles. The summed E-state index contributed by atoms with van der Waals surface area (Å²) in [5.74, 6) is -1.65. The van der Waals surface area contributed by atoms with E-state index in [4.69, 9.17) is 28.3 Å². The predicted molar refractivity (Wildman–Crippen MR) is 65.9 cm³/mol. The molecule has 8 heteroatoms. The number of rotatable bonds is 4. The maximum Gasteiger partial charge on any atom is 0.326 e. The number of hydrogen-bond donors (Lipinski definition) is 1. The molecule has 98 valence electrons. The Morgan fingerprint density at radius 2 is 2.06 bits per heavy atom. The van der Waals surface area contributed by atoms with Crippen molar-refractivity contribution in [3.8, 4) is 0 Å². The molecule has 0 fully saturated rings. The number of aliphatic carboxylic acids is 1. The lowest BCUT2D eigenvalue weighted by atomic mass is 10.1. The van der Waals surface area contributed by atoms with Crippen molar-refractivity contribution in [3.63, 3.8) is 0 Å². The van der Waals surface area contributed by atoms with Gasteiger partial charge in [-0.3, -0.25) is 4.79 Å². The lowest BCUT2D eigenvalue weighted by molar-refractivity contribution is -0.142. The van der Waals surface area contributed by atoms with Gasteiger partial charge >= 0.3 is 5.97 Å². The minimum absolute atomic E-state index is 0.0134. The molecule has 0 aliphatic carbocycles. The summed E-state index contributed by atoms with van der Waals surface area (Å²) in [5.41, 5.74) is 0.0267. The van der Waals surface area contributed by atoms with Crippen molar-refractivity contribution in [2.24, 2.45) is 0 Å². The fourth-order valence-corrected chi connectivity index (χ4v) is 1.77. The van der Waals surface area contributed by atoms with Crippen LogP contribution in [0, 0.1) is 0 Å². The first kappa shape index (κ1) is 14.7. The number of amides is 1. The van der Waals surface area contributed by atoms with E-state index in [9.17, 15) is 9.59 Å². The maximum atomic E-state index is 12.1. The van der Waals surface area contributed by atoms with Crippen LogP contribution in [0.4, 0.5) is 0 Å². The van der Waals surface area contributed by atoms with Crippen molar-refractivity contribution >= 4 is 35.1 Å². The molecule has 1 rings (SSSR count). The molecule has 0 aliphatic rings. The zero-order chi connectivity index (χ0) is 13.9. The fraction of sp³-hybridized carbons (Fsp3) is 0.400. The van der Waals surface area contributed by atoms with E-state index in [0.717, 1.165) is 4.90 Å². The Morgan fingerprint density at radius 1 is 1.44 bits per heavy atom. The van der Waals surface area contributed by atoms with Crippen LogP contribution in [-0.2, 0) is 4.79 Å². The van der Waals surface area contributed by atoms with Crippen molar-refractivity contribution in [1.29, 1.82) is 0 Å². The molecule has 0 radical (unpaired) electrons. The second-order valence-electron chi connectivity index (χ2n) is 3.55. The number of nitrogens with zero attached hydrogens (tertiary/aromatic N) is 3. The van der Waals surface area contributed by atoms with Crippen LogP contribution >= 0.6 is 23.2 Å². The minimum Gasteiger partial charge on any atom is -0.480 e. The van der Waals surface area contributed by atoms with Gasteiger partial charge in [0.05, 0.1) is 5.56 Å². The van der Waals surface area contributed by atoms with Crippen LogP contribution in [0.2, 0.25) is 10.3 Å². The molecule has 0 saturated heterocycles. The highest BCUT2D eigenvalue weighted by Crippen LogP contribution is 2.18. The third-order valence-electron chi connectivity index (χ3n) is 2.41. The van der Waals surface area contributed by atoms with Crippen molar-refractivity contribution in [2.45, 2.75) is 19.4 Å². The molecule has 6 nitrogen and oxygen atoms in total. The van der Waals surface area contributed by atoms with Gasteiger partial charge in [0.1, 0.15) is 6.04 Å². The molecule has 0 spiro atoms. The van der Waals surface area contributed by atoms with E-state index in [0.29, 0.717) is 0 Å². The maximum absolute atomic E-state index is 12.1. The lowest BCUT2D eigenvalue weighted by Crippen LogP contribution is -2.42. The Hall–Kier alpha value is -1.40. The van der Waals surface area contributed by atoms with Crippen molar-refractivity contribution in [2.75, 3.05) is 7.05 Å². The molecule has 18 heavy (non-hydrogen) atoms. The number of carbonyl (C=O) groups excluding carboxylic acids is 1. The van der Waals surface area contributed by atoms with Crippen LogP contribution < -0.4 is 0 Å². The molecule has 1 amide bonds. The van der Waals surface area contributed by atoms with Gasteiger partial charge in [-0.2, -0.15) is 0 Å². The van der Waals surface area contributed by atoms with Crippen molar-refractivity contribution < 1.29 is 14.7 Å². The molecule has 1 aromatic heterocycles. The summed E-state index contributed by atoms with van der Waals surface area (Å²) in [4.78, 5) is 24.1. The molecule has 1 unspecified atom stereocenters. The number of halogens is 2. The highest BCUT2D eigenvalue weighted by Gasteiger charge is 2.27. The van der Waals surface area contributed by atoms with Gasteiger partial charge in [-0.1, -0.05) is 30.1 Å². The molecule has 1 heterocycles. The van der Waals surface area contributed by atoms with Crippen LogP contribution in [0.25, 0.3) is 0 Å².